The van der Waals surface area contributed by atoms with Gasteiger partial charge in [-0.05, 0) is 31.5 Å². The highest BCUT2D eigenvalue weighted by atomic mass is 19.4. The summed E-state index contributed by atoms with van der Waals surface area (Å²) < 4.78 is 46.4. The van der Waals surface area contributed by atoms with E-state index >= 15 is 0 Å². The number of aromatic carboxylic acids is 1. The van der Waals surface area contributed by atoms with Crippen molar-refractivity contribution in [3.8, 4) is 11.5 Å². The molecule has 0 bridgehead atoms. The molecule has 0 saturated carbocycles. The minimum Gasteiger partial charge on any atom is -0.490 e. The molecule has 112 valence electrons. The molecule has 0 fully saturated rings. The van der Waals surface area contributed by atoms with Crippen molar-refractivity contribution in [2.24, 2.45) is 0 Å². The lowest BCUT2D eigenvalue weighted by atomic mass is 10.2. The van der Waals surface area contributed by atoms with Crippen molar-refractivity contribution in [2.45, 2.75) is 25.9 Å². The number of hydrogen-bond acceptors (Lipinski definition) is 3. The summed E-state index contributed by atoms with van der Waals surface area (Å²) in [6, 6.07) is 3.97. The minimum atomic E-state index is -4.21. The van der Waals surface area contributed by atoms with Gasteiger partial charge in [-0.25, -0.2) is 4.79 Å². The van der Waals surface area contributed by atoms with E-state index in [1.165, 1.54) is 18.2 Å². The van der Waals surface area contributed by atoms with Gasteiger partial charge in [-0.15, -0.1) is 0 Å². The molecule has 7 heteroatoms. The van der Waals surface area contributed by atoms with Crippen LogP contribution in [0.4, 0.5) is 13.2 Å². The number of rotatable bonds is 7. The third kappa shape index (κ3) is 5.38. The molecule has 0 aromatic heterocycles. The zero-order valence-electron chi connectivity index (χ0n) is 10.9. The Morgan fingerprint density at radius 2 is 1.95 bits per heavy atom. The number of ether oxygens (including phenoxy) is 2. The van der Waals surface area contributed by atoms with Crippen LogP contribution in [0.2, 0.25) is 0 Å². The fourth-order valence-electron chi connectivity index (χ4n) is 1.48. The Hall–Kier alpha value is -1.92. The lowest BCUT2D eigenvalue weighted by Gasteiger charge is -2.13. The Bertz CT molecular complexity index is 457. The highest BCUT2D eigenvalue weighted by Gasteiger charge is 2.26. The van der Waals surface area contributed by atoms with E-state index in [2.05, 4.69) is 0 Å². The van der Waals surface area contributed by atoms with Gasteiger partial charge in [0.05, 0.1) is 18.8 Å². The number of alkyl halides is 3. The Balaban J connectivity index is 2.66. The summed E-state index contributed by atoms with van der Waals surface area (Å²) in [4.78, 5) is 10.8. The van der Waals surface area contributed by atoms with E-state index in [0.717, 1.165) is 0 Å². The van der Waals surface area contributed by atoms with Crippen LogP contribution in [0.3, 0.4) is 0 Å². The van der Waals surface area contributed by atoms with Crippen molar-refractivity contribution >= 4 is 5.97 Å². The summed E-state index contributed by atoms with van der Waals surface area (Å²) in [5.41, 5.74) is 0.0242. The Labute approximate surface area is 114 Å². The quantitative estimate of drug-likeness (QED) is 0.781. The van der Waals surface area contributed by atoms with Gasteiger partial charge in [-0.3, -0.25) is 0 Å². The van der Waals surface area contributed by atoms with Gasteiger partial charge >= 0.3 is 12.1 Å². The standard InChI is InChI=1S/C13H15F3O4/c1-2-19-11-8-9(12(17)18)4-5-10(11)20-7-3-6-13(14,15)16/h4-5,8H,2-3,6-7H2,1H3,(H,17,18). The Morgan fingerprint density at radius 1 is 1.25 bits per heavy atom. The number of halogens is 3. The van der Waals surface area contributed by atoms with E-state index < -0.39 is 18.6 Å². The zero-order chi connectivity index (χ0) is 15.2. The van der Waals surface area contributed by atoms with E-state index in [1.54, 1.807) is 6.92 Å². The fourth-order valence-corrected chi connectivity index (χ4v) is 1.48. The molecule has 0 atom stereocenters. The molecule has 0 amide bonds. The molecule has 20 heavy (non-hydrogen) atoms. The van der Waals surface area contributed by atoms with Crippen molar-refractivity contribution in [3.05, 3.63) is 23.8 Å². The molecule has 0 aliphatic carbocycles. The van der Waals surface area contributed by atoms with E-state index in [4.69, 9.17) is 14.6 Å². The molecule has 0 spiro atoms. The lowest BCUT2D eigenvalue weighted by Crippen LogP contribution is -2.10. The van der Waals surface area contributed by atoms with Gasteiger partial charge in [0.15, 0.2) is 11.5 Å². The lowest BCUT2D eigenvalue weighted by molar-refractivity contribution is -0.136. The predicted molar refractivity (Wildman–Crippen MR) is 65.4 cm³/mol. The van der Waals surface area contributed by atoms with Gasteiger partial charge in [-0.2, -0.15) is 13.2 Å². The van der Waals surface area contributed by atoms with Crippen LogP contribution in [0.25, 0.3) is 0 Å². The summed E-state index contributed by atoms with van der Waals surface area (Å²) in [6.45, 7) is 1.88. The summed E-state index contributed by atoms with van der Waals surface area (Å²) in [5.74, 6) is -0.673. The first-order valence-corrected chi connectivity index (χ1v) is 6.03. The van der Waals surface area contributed by atoms with Crippen molar-refractivity contribution in [1.82, 2.24) is 0 Å². The van der Waals surface area contributed by atoms with E-state index in [0.29, 0.717) is 6.61 Å². The molecular weight excluding hydrogens is 277 g/mol. The molecule has 1 aromatic rings. The van der Waals surface area contributed by atoms with Crippen LogP contribution in [0.5, 0.6) is 11.5 Å². The third-order valence-corrected chi connectivity index (χ3v) is 2.35. The molecule has 1 aromatic carbocycles. The predicted octanol–water partition coefficient (Wildman–Crippen LogP) is 3.50. The van der Waals surface area contributed by atoms with Crippen molar-refractivity contribution in [2.75, 3.05) is 13.2 Å². The van der Waals surface area contributed by atoms with Crippen molar-refractivity contribution < 1.29 is 32.5 Å². The highest BCUT2D eigenvalue weighted by molar-refractivity contribution is 5.88. The van der Waals surface area contributed by atoms with Crippen LogP contribution < -0.4 is 9.47 Å². The SMILES string of the molecule is CCOc1cc(C(=O)O)ccc1OCCCC(F)(F)F. The topological polar surface area (TPSA) is 55.8 Å². The maximum atomic E-state index is 12.0. The van der Waals surface area contributed by atoms with Crippen LogP contribution >= 0.6 is 0 Å². The number of carboxylic acids is 1. The van der Waals surface area contributed by atoms with Crippen molar-refractivity contribution in [1.29, 1.82) is 0 Å². The van der Waals surface area contributed by atoms with Gasteiger partial charge in [0.2, 0.25) is 0 Å². The average Bonchev–Trinajstić information content (AvgIpc) is 2.35. The maximum Gasteiger partial charge on any atom is 0.389 e. The summed E-state index contributed by atoms with van der Waals surface area (Å²) in [6.07, 6.45) is -5.31. The summed E-state index contributed by atoms with van der Waals surface area (Å²) in [7, 11) is 0. The number of hydrogen-bond donors (Lipinski definition) is 1. The van der Waals surface area contributed by atoms with Crippen molar-refractivity contribution in [3.63, 3.8) is 0 Å². The molecule has 1 rings (SSSR count). The van der Waals surface area contributed by atoms with E-state index in [-0.39, 0.29) is 30.1 Å². The molecule has 4 nitrogen and oxygen atoms in total. The van der Waals surface area contributed by atoms with Crippen LogP contribution in [0.15, 0.2) is 18.2 Å². The van der Waals surface area contributed by atoms with Gasteiger partial charge in [0, 0.05) is 6.42 Å². The number of benzene rings is 1. The van der Waals surface area contributed by atoms with Crippen LogP contribution in [0, 0.1) is 0 Å². The van der Waals surface area contributed by atoms with Gasteiger partial charge in [0.1, 0.15) is 0 Å². The van der Waals surface area contributed by atoms with Crippen LogP contribution in [0.1, 0.15) is 30.1 Å². The number of carboxylic acid groups (broad SMARTS) is 1. The first kappa shape index (κ1) is 16.1. The second-order valence-electron chi connectivity index (χ2n) is 3.97. The third-order valence-electron chi connectivity index (χ3n) is 2.35. The smallest absolute Gasteiger partial charge is 0.389 e. The maximum absolute atomic E-state index is 12.0. The Morgan fingerprint density at radius 3 is 2.50 bits per heavy atom. The molecule has 0 aliphatic rings. The summed E-state index contributed by atoms with van der Waals surface area (Å²) in [5, 5.41) is 8.85. The largest absolute Gasteiger partial charge is 0.490 e. The average molecular weight is 292 g/mol. The van der Waals surface area contributed by atoms with Gasteiger partial charge in [-0.1, -0.05) is 0 Å². The van der Waals surface area contributed by atoms with Gasteiger partial charge < -0.3 is 14.6 Å². The zero-order valence-corrected chi connectivity index (χ0v) is 10.9. The monoisotopic (exact) mass is 292 g/mol. The van der Waals surface area contributed by atoms with E-state index in [1.807, 2.05) is 0 Å². The molecule has 0 unspecified atom stereocenters. The second kappa shape index (κ2) is 7.02. The second-order valence-corrected chi connectivity index (χ2v) is 3.97. The molecular formula is C13H15F3O4. The van der Waals surface area contributed by atoms with E-state index in [9.17, 15) is 18.0 Å². The summed E-state index contributed by atoms with van der Waals surface area (Å²) >= 11 is 0. The molecule has 1 N–H and O–H groups in total. The fraction of sp³-hybridized carbons (Fsp3) is 0.462. The first-order valence-electron chi connectivity index (χ1n) is 6.03. The normalized spacial score (nSPS) is 11.2. The molecule has 0 radical (unpaired) electrons. The van der Waals surface area contributed by atoms with Gasteiger partial charge in [0.25, 0.3) is 0 Å². The Kier molecular flexibility index (Phi) is 5.66. The molecule has 0 aliphatic heterocycles. The van der Waals surface area contributed by atoms with Crippen LogP contribution in [-0.4, -0.2) is 30.5 Å². The molecule has 0 heterocycles. The minimum absolute atomic E-state index is 0.0242. The highest BCUT2D eigenvalue weighted by Crippen LogP contribution is 2.29. The number of carbonyl (C=O) groups is 1. The first-order chi connectivity index (χ1) is 9.33. The van der Waals surface area contributed by atoms with Crippen LogP contribution in [-0.2, 0) is 0 Å². The molecule has 0 saturated heterocycles.